The number of aromatic carboxylic acids is 1. The lowest BCUT2D eigenvalue weighted by Gasteiger charge is -2.09. The summed E-state index contributed by atoms with van der Waals surface area (Å²) in [7, 11) is -3.39. The molecule has 0 amide bonds. The van der Waals surface area contributed by atoms with Crippen LogP contribution in [0.15, 0.2) is 23.1 Å². The monoisotopic (exact) mass is 257 g/mol. The molecule has 0 unspecified atom stereocenters. The average Bonchev–Trinajstić information content (AvgIpc) is 2.24. The van der Waals surface area contributed by atoms with Gasteiger partial charge in [-0.2, -0.15) is 0 Å². The van der Waals surface area contributed by atoms with Gasteiger partial charge in [0.25, 0.3) is 0 Å². The van der Waals surface area contributed by atoms with Crippen molar-refractivity contribution in [3.05, 3.63) is 23.8 Å². The van der Waals surface area contributed by atoms with Crippen molar-refractivity contribution in [3.63, 3.8) is 0 Å². The second-order valence-corrected chi connectivity index (χ2v) is 5.73. The van der Waals surface area contributed by atoms with E-state index in [2.05, 4.69) is 5.32 Å². The van der Waals surface area contributed by atoms with Gasteiger partial charge in [0.15, 0.2) is 9.84 Å². The van der Waals surface area contributed by atoms with Gasteiger partial charge in [-0.05, 0) is 24.6 Å². The number of nitrogens with one attached hydrogen (secondary N) is 1. The largest absolute Gasteiger partial charge is 0.478 e. The molecule has 0 atom stereocenters. The predicted octanol–water partition coefficient (Wildman–Crippen LogP) is 1.61. The van der Waals surface area contributed by atoms with E-state index in [4.69, 9.17) is 5.11 Å². The number of carboxylic acids is 1. The van der Waals surface area contributed by atoms with E-state index in [9.17, 15) is 13.2 Å². The van der Waals surface area contributed by atoms with Gasteiger partial charge < -0.3 is 10.4 Å². The summed E-state index contributed by atoms with van der Waals surface area (Å²) >= 11 is 0. The predicted molar refractivity (Wildman–Crippen MR) is 65.3 cm³/mol. The lowest BCUT2D eigenvalue weighted by atomic mass is 10.2. The Morgan fingerprint density at radius 1 is 1.41 bits per heavy atom. The Kier molecular flexibility index (Phi) is 4.11. The topological polar surface area (TPSA) is 83.5 Å². The quantitative estimate of drug-likeness (QED) is 0.837. The van der Waals surface area contributed by atoms with Gasteiger partial charge in [-0.3, -0.25) is 0 Å². The van der Waals surface area contributed by atoms with E-state index < -0.39 is 15.8 Å². The van der Waals surface area contributed by atoms with Crippen LogP contribution in [0.4, 0.5) is 5.69 Å². The highest BCUT2D eigenvalue weighted by Gasteiger charge is 2.15. The van der Waals surface area contributed by atoms with Crippen LogP contribution in [0.25, 0.3) is 0 Å². The van der Waals surface area contributed by atoms with Crippen LogP contribution >= 0.6 is 0 Å². The summed E-state index contributed by atoms with van der Waals surface area (Å²) in [6, 6.07) is 4.06. The Labute approximate surface area is 100 Å². The third-order valence-electron chi connectivity index (χ3n) is 2.22. The minimum Gasteiger partial charge on any atom is -0.478 e. The van der Waals surface area contributed by atoms with Crippen LogP contribution in [-0.2, 0) is 9.84 Å². The first-order valence-corrected chi connectivity index (χ1v) is 7.06. The molecule has 6 heteroatoms. The fourth-order valence-electron chi connectivity index (χ4n) is 1.34. The van der Waals surface area contributed by atoms with E-state index in [-0.39, 0.29) is 10.5 Å². The summed E-state index contributed by atoms with van der Waals surface area (Å²) in [6.07, 6.45) is 1.90. The molecule has 1 aromatic rings. The Hall–Kier alpha value is -1.56. The third-order valence-corrected chi connectivity index (χ3v) is 3.33. The normalized spacial score (nSPS) is 11.2. The fraction of sp³-hybridized carbons (Fsp3) is 0.364. The molecule has 94 valence electrons. The van der Waals surface area contributed by atoms with Gasteiger partial charge in [-0.1, -0.05) is 6.92 Å². The highest BCUT2D eigenvalue weighted by Crippen LogP contribution is 2.20. The molecular formula is C11H15NO4S. The number of benzene rings is 1. The van der Waals surface area contributed by atoms with Gasteiger partial charge in [-0.25, -0.2) is 13.2 Å². The molecule has 0 radical (unpaired) electrons. The lowest BCUT2D eigenvalue weighted by Crippen LogP contribution is -2.09. The van der Waals surface area contributed by atoms with Gasteiger partial charge in [-0.15, -0.1) is 0 Å². The molecule has 5 nitrogen and oxygen atoms in total. The van der Waals surface area contributed by atoms with Crippen molar-refractivity contribution in [1.29, 1.82) is 0 Å². The van der Waals surface area contributed by atoms with Gasteiger partial charge in [0.2, 0.25) is 0 Å². The number of rotatable bonds is 5. The smallest absolute Gasteiger partial charge is 0.337 e. The fourth-order valence-corrected chi connectivity index (χ4v) is 1.99. The number of anilines is 1. The molecule has 0 heterocycles. The van der Waals surface area contributed by atoms with Crippen LogP contribution in [0.2, 0.25) is 0 Å². The van der Waals surface area contributed by atoms with Crippen molar-refractivity contribution < 1.29 is 18.3 Å². The lowest BCUT2D eigenvalue weighted by molar-refractivity contribution is 0.0697. The summed E-state index contributed by atoms with van der Waals surface area (Å²) in [4.78, 5) is 11.0. The number of hydrogen-bond donors (Lipinski definition) is 2. The van der Waals surface area contributed by atoms with Crippen LogP contribution < -0.4 is 5.32 Å². The SMILES string of the molecule is CCCNc1ccc(S(C)(=O)=O)cc1C(=O)O. The van der Waals surface area contributed by atoms with Crippen LogP contribution in [0.5, 0.6) is 0 Å². The van der Waals surface area contributed by atoms with Gasteiger partial charge in [0.05, 0.1) is 10.5 Å². The highest BCUT2D eigenvalue weighted by molar-refractivity contribution is 7.90. The standard InChI is InChI=1S/C11H15NO4S/c1-3-6-12-10-5-4-8(17(2,15)16)7-9(10)11(13)14/h4-5,7,12H,3,6H2,1-2H3,(H,13,14). The minimum absolute atomic E-state index is 0.0111. The molecule has 1 rings (SSSR count). The Bertz CT molecular complexity index is 522. The molecular weight excluding hydrogens is 242 g/mol. The van der Waals surface area contributed by atoms with Crippen LogP contribution in [0, 0.1) is 0 Å². The summed E-state index contributed by atoms with van der Waals surface area (Å²) < 4.78 is 22.6. The van der Waals surface area contributed by atoms with Crippen LogP contribution in [0.3, 0.4) is 0 Å². The van der Waals surface area contributed by atoms with Crippen LogP contribution in [-0.4, -0.2) is 32.3 Å². The first kappa shape index (κ1) is 13.5. The van der Waals surface area contributed by atoms with E-state index >= 15 is 0 Å². The van der Waals surface area contributed by atoms with E-state index in [0.29, 0.717) is 12.2 Å². The van der Waals surface area contributed by atoms with Crippen molar-refractivity contribution in [2.45, 2.75) is 18.2 Å². The maximum atomic E-state index is 11.3. The van der Waals surface area contributed by atoms with Gasteiger partial charge in [0.1, 0.15) is 0 Å². The second-order valence-electron chi connectivity index (χ2n) is 3.71. The molecule has 2 N–H and O–H groups in total. The maximum Gasteiger partial charge on any atom is 0.337 e. The highest BCUT2D eigenvalue weighted by atomic mass is 32.2. The Morgan fingerprint density at radius 2 is 2.06 bits per heavy atom. The molecule has 0 aliphatic heterocycles. The van der Waals surface area contributed by atoms with E-state index in [1.165, 1.54) is 18.2 Å². The Morgan fingerprint density at radius 3 is 2.53 bits per heavy atom. The summed E-state index contributed by atoms with van der Waals surface area (Å²) in [5, 5.41) is 12.0. The molecule has 0 aromatic heterocycles. The van der Waals surface area contributed by atoms with Crippen LogP contribution in [0.1, 0.15) is 23.7 Å². The van der Waals surface area contributed by atoms with Crippen molar-refractivity contribution >= 4 is 21.5 Å². The van der Waals surface area contributed by atoms with Crippen molar-refractivity contribution in [1.82, 2.24) is 0 Å². The minimum atomic E-state index is -3.39. The summed E-state index contributed by atoms with van der Waals surface area (Å²) in [5.74, 6) is -1.14. The van der Waals surface area contributed by atoms with Crippen molar-refractivity contribution in [2.75, 3.05) is 18.1 Å². The van der Waals surface area contributed by atoms with Gasteiger partial charge >= 0.3 is 5.97 Å². The van der Waals surface area contributed by atoms with Gasteiger partial charge in [0, 0.05) is 18.5 Å². The average molecular weight is 257 g/mol. The third kappa shape index (κ3) is 3.45. The molecule has 0 spiro atoms. The summed E-state index contributed by atoms with van der Waals surface area (Å²) in [6.45, 7) is 2.59. The molecule has 17 heavy (non-hydrogen) atoms. The first-order valence-electron chi connectivity index (χ1n) is 5.17. The molecule has 0 aliphatic rings. The molecule has 0 bridgehead atoms. The first-order chi connectivity index (χ1) is 7.86. The van der Waals surface area contributed by atoms with E-state index in [1.54, 1.807) is 0 Å². The number of carbonyl (C=O) groups is 1. The maximum absolute atomic E-state index is 11.3. The van der Waals surface area contributed by atoms with E-state index in [1.807, 2.05) is 6.92 Å². The molecule has 0 fully saturated rings. The summed E-state index contributed by atoms with van der Waals surface area (Å²) in [5.41, 5.74) is 0.410. The molecule has 0 saturated carbocycles. The zero-order valence-electron chi connectivity index (χ0n) is 9.73. The molecule has 1 aromatic carbocycles. The second kappa shape index (κ2) is 5.18. The van der Waals surface area contributed by atoms with Crippen molar-refractivity contribution in [3.8, 4) is 0 Å². The van der Waals surface area contributed by atoms with E-state index in [0.717, 1.165) is 12.7 Å². The molecule has 0 saturated heterocycles. The number of sulfone groups is 1. The molecule has 0 aliphatic carbocycles. The Balaban J connectivity index is 3.22. The zero-order valence-corrected chi connectivity index (χ0v) is 10.5. The zero-order chi connectivity index (χ0) is 13.1. The number of hydrogen-bond acceptors (Lipinski definition) is 4. The van der Waals surface area contributed by atoms with Crippen molar-refractivity contribution in [2.24, 2.45) is 0 Å². The number of carboxylic acid groups (broad SMARTS) is 1.